The highest BCUT2D eigenvalue weighted by atomic mass is 35.5. The average molecular weight is 285 g/mol. The number of aryl methyl sites for hydroxylation is 1. The first-order valence-electron chi connectivity index (χ1n) is 5.68. The van der Waals surface area contributed by atoms with Gasteiger partial charge in [-0.1, -0.05) is 0 Å². The number of amides is 1. The van der Waals surface area contributed by atoms with Crippen molar-refractivity contribution in [1.82, 2.24) is 4.90 Å². The molecule has 2 aromatic rings. The summed E-state index contributed by atoms with van der Waals surface area (Å²) in [5.41, 5.74) is 5.93. The highest BCUT2D eigenvalue weighted by Gasteiger charge is 2.15. The first-order valence-corrected chi connectivity index (χ1v) is 5.68. The lowest BCUT2D eigenvalue weighted by atomic mass is 10.2. The van der Waals surface area contributed by atoms with Crippen molar-refractivity contribution in [3.8, 4) is 0 Å². The molecule has 0 atom stereocenters. The summed E-state index contributed by atoms with van der Waals surface area (Å²) >= 11 is 0. The van der Waals surface area contributed by atoms with Gasteiger partial charge in [-0.3, -0.25) is 4.79 Å². The zero-order chi connectivity index (χ0) is 13.1. The Hall–Kier alpha value is -1.72. The number of hydrogen-bond acceptors (Lipinski definition) is 4. The lowest BCUT2D eigenvalue weighted by Crippen LogP contribution is -2.25. The van der Waals surface area contributed by atoms with Gasteiger partial charge in [0.05, 0.1) is 18.7 Å². The molecule has 5 nitrogen and oxygen atoms in total. The van der Waals surface area contributed by atoms with Gasteiger partial charge in [-0.05, 0) is 25.1 Å². The van der Waals surface area contributed by atoms with Gasteiger partial charge >= 0.3 is 0 Å². The van der Waals surface area contributed by atoms with Crippen molar-refractivity contribution < 1.29 is 13.6 Å². The molecule has 19 heavy (non-hydrogen) atoms. The van der Waals surface area contributed by atoms with Gasteiger partial charge in [0.15, 0.2) is 0 Å². The van der Waals surface area contributed by atoms with Crippen LogP contribution >= 0.6 is 12.4 Å². The van der Waals surface area contributed by atoms with E-state index in [2.05, 4.69) is 0 Å². The molecular formula is C13H17ClN2O3. The fourth-order valence-corrected chi connectivity index (χ4v) is 1.70. The van der Waals surface area contributed by atoms with Crippen LogP contribution in [0.4, 0.5) is 0 Å². The minimum absolute atomic E-state index is 0. The predicted octanol–water partition coefficient (Wildman–Crippen LogP) is 2.33. The van der Waals surface area contributed by atoms with Gasteiger partial charge in [-0.2, -0.15) is 0 Å². The molecule has 0 radical (unpaired) electrons. The summed E-state index contributed by atoms with van der Waals surface area (Å²) in [4.78, 5) is 13.6. The van der Waals surface area contributed by atoms with Crippen LogP contribution in [-0.4, -0.2) is 17.9 Å². The molecule has 6 heteroatoms. The van der Waals surface area contributed by atoms with Crippen molar-refractivity contribution in [2.24, 2.45) is 5.73 Å². The van der Waals surface area contributed by atoms with Crippen LogP contribution in [0.1, 0.15) is 27.6 Å². The zero-order valence-electron chi connectivity index (χ0n) is 10.9. The minimum Gasteiger partial charge on any atom is -0.467 e. The molecule has 0 aliphatic heterocycles. The smallest absolute Gasteiger partial charge is 0.257 e. The van der Waals surface area contributed by atoms with Crippen LogP contribution in [0, 0.1) is 6.92 Å². The molecule has 0 unspecified atom stereocenters. The van der Waals surface area contributed by atoms with Gasteiger partial charge in [0.2, 0.25) is 0 Å². The first kappa shape index (κ1) is 15.3. The molecule has 0 aromatic carbocycles. The van der Waals surface area contributed by atoms with Crippen molar-refractivity contribution in [1.29, 1.82) is 0 Å². The molecule has 2 rings (SSSR count). The summed E-state index contributed by atoms with van der Waals surface area (Å²) in [6.07, 6.45) is 1.43. The summed E-state index contributed by atoms with van der Waals surface area (Å²) in [6, 6.07) is 5.39. The van der Waals surface area contributed by atoms with E-state index in [-0.39, 0.29) is 24.9 Å². The normalized spacial score (nSPS) is 10.1. The molecular weight excluding hydrogens is 268 g/mol. The van der Waals surface area contributed by atoms with E-state index >= 15 is 0 Å². The standard InChI is InChI=1S/C13H16N2O3.ClH/c1-9-3-4-11(18-9)7-15(2)13(16)10-5-12(6-14)17-8-10;/h3-5,8H,6-7,14H2,1-2H3;1H. The van der Waals surface area contributed by atoms with Gasteiger partial charge in [0.25, 0.3) is 5.91 Å². The third-order valence-corrected chi connectivity index (χ3v) is 2.64. The van der Waals surface area contributed by atoms with Gasteiger partial charge in [0, 0.05) is 7.05 Å². The van der Waals surface area contributed by atoms with Crippen molar-refractivity contribution in [2.45, 2.75) is 20.0 Å². The van der Waals surface area contributed by atoms with E-state index in [1.807, 2.05) is 19.1 Å². The second kappa shape index (κ2) is 6.45. The van der Waals surface area contributed by atoms with Gasteiger partial charge in [0.1, 0.15) is 23.5 Å². The van der Waals surface area contributed by atoms with Crippen molar-refractivity contribution in [3.05, 3.63) is 47.3 Å². The van der Waals surface area contributed by atoms with Crippen LogP contribution in [0.25, 0.3) is 0 Å². The number of nitrogens with zero attached hydrogens (tertiary/aromatic N) is 1. The summed E-state index contributed by atoms with van der Waals surface area (Å²) in [6.45, 7) is 2.58. The monoisotopic (exact) mass is 284 g/mol. The Balaban J connectivity index is 0.00000180. The van der Waals surface area contributed by atoms with E-state index < -0.39 is 0 Å². The molecule has 0 spiro atoms. The maximum atomic E-state index is 12.1. The number of carbonyl (C=O) groups is 1. The molecule has 2 heterocycles. The quantitative estimate of drug-likeness (QED) is 0.935. The Labute approximate surface area is 117 Å². The second-order valence-corrected chi connectivity index (χ2v) is 4.18. The fourth-order valence-electron chi connectivity index (χ4n) is 1.70. The molecule has 0 aliphatic rings. The molecule has 0 aliphatic carbocycles. The lowest BCUT2D eigenvalue weighted by molar-refractivity contribution is 0.0774. The minimum atomic E-state index is -0.118. The summed E-state index contributed by atoms with van der Waals surface area (Å²) in [7, 11) is 1.72. The molecule has 2 N–H and O–H groups in total. The number of carbonyl (C=O) groups excluding carboxylic acids is 1. The SMILES string of the molecule is Cc1ccc(CN(C)C(=O)c2coc(CN)c2)o1.Cl. The topological polar surface area (TPSA) is 72.6 Å². The summed E-state index contributed by atoms with van der Waals surface area (Å²) < 4.78 is 10.6. The Morgan fingerprint density at radius 1 is 1.37 bits per heavy atom. The highest BCUT2D eigenvalue weighted by molar-refractivity contribution is 5.93. The lowest BCUT2D eigenvalue weighted by Gasteiger charge is -2.14. The Morgan fingerprint density at radius 3 is 2.63 bits per heavy atom. The molecule has 0 bridgehead atoms. The molecule has 0 fully saturated rings. The molecule has 0 saturated carbocycles. The number of rotatable bonds is 4. The van der Waals surface area contributed by atoms with E-state index in [4.69, 9.17) is 14.6 Å². The summed E-state index contributed by atoms with van der Waals surface area (Å²) in [5.74, 6) is 2.07. The van der Waals surface area contributed by atoms with Crippen molar-refractivity contribution in [3.63, 3.8) is 0 Å². The average Bonchev–Trinajstić information content (AvgIpc) is 2.97. The van der Waals surface area contributed by atoms with Crippen LogP contribution in [-0.2, 0) is 13.1 Å². The molecule has 1 amide bonds. The zero-order valence-corrected chi connectivity index (χ0v) is 11.7. The number of hydrogen-bond donors (Lipinski definition) is 1. The van der Waals surface area contributed by atoms with E-state index in [1.165, 1.54) is 6.26 Å². The van der Waals surface area contributed by atoms with Crippen molar-refractivity contribution >= 4 is 18.3 Å². The Kier molecular flexibility index (Phi) is 5.20. The molecule has 0 saturated heterocycles. The highest BCUT2D eigenvalue weighted by Crippen LogP contribution is 2.13. The fraction of sp³-hybridized carbons (Fsp3) is 0.308. The third kappa shape index (κ3) is 3.62. The van der Waals surface area contributed by atoms with Crippen LogP contribution in [0.3, 0.4) is 0 Å². The largest absolute Gasteiger partial charge is 0.467 e. The number of halogens is 1. The van der Waals surface area contributed by atoms with Crippen molar-refractivity contribution in [2.75, 3.05) is 7.05 Å². The van der Waals surface area contributed by atoms with Gasteiger partial charge in [-0.15, -0.1) is 12.4 Å². The van der Waals surface area contributed by atoms with Crippen LogP contribution in [0.2, 0.25) is 0 Å². The second-order valence-electron chi connectivity index (χ2n) is 4.18. The van der Waals surface area contributed by atoms with E-state index in [1.54, 1.807) is 18.0 Å². The van der Waals surface area contributed by atoms with Gasteiger partial charge < -0.3 is 19.5 Å². The third-order valence-electron chi connectivity index (χ3n) is 2.64. The Morgan fingerprint density at radius 2 is 2.11 bits per heavy atom. The number of nitrogens with two attached hydrogens (primary N) is 1. The molecule has 104 valence electrons. The maximum absolute atomic E-state index is 12.1. The summed E-state index contributed by atoms with van der Waals surface area (Å²) in [5, 5.41) is 0. The maximum Gasteiger partial charge on any atom is 0.257 e. The van der Waals surface area contributed by atoms with Crippen LogP contribution in [0.5, 0.6) is 0 Å². The first-order chi connectivity index (χ1) is 8.60. The van der Waals surface area contributed by atoms with Gasteiger partial charge in [-0.25, -0.2) is 0 Å². The van der Waals surface area contributed by atoms with E-state index in [9.17, 15) is 4.79 Å². The Bertz CT molecular complexity index is 548. The van der Waals surface area contributed by atoms with E-state index in [0.29, 0.717) is 17.9 Å². The van der Waals surface area contributed by atoms with E-state index in [0.717, 1.165) is 11.5 Å². The predicted molar refractivity (Wildman–Crippen MR) is 73.1 cm³/mol. The molecule has 2 aromatic heterocycles. The van der Waals surface area contributed by atoms with Crippen LogP contribution < -0.4 is 5.73 Å². The number of furan rings is 2. The van der Waals surface area contributed by atoms with Crippen LogP contribution in [0.15, 0.2) is 33.3 Å².